The average molecular weight is 316 g/mol. The minimum absolute atomic E-state index is 0.484. The van der Waals surface area contributed by atoms with Crippen molar-refractivity contribution >= 4 is 17.5 Å². The molecule has 2 heterocycles. The summed E-state index contributed by atoms with van der Waals surface area (Å²) >= 11 is 5.99. The molecule has 0 bridgehead atoms. The molecule has 1 N–H and O–H groups in total. The third-order valence-electron chi connectivity index (χ3n) is 3.03. The highest BCUT2D eigenvalue weighted by molar-refractivity contribution is 6.30. The molecule has 3 rings (SSSR count). The third kappa shape index (κ3) is 3.17. The molecule has 1 aromatic carbocycles. The summed E-state index contributed by atoms with van der Waals surface area (Å²) in [5.41, 5.74) is 0.940. The quantitative estimate of drug-likeness (QED) is 0.706. The molecule has 0 spiro atoms. The fourth-order valence-electron chi connectivity index (χ4n) is 2.01. The zero-order valence-electron chi connectivity index (χ0n) is 11.7. The summed E-state index contributed by atoms with van der Waals surface area (Å²) in [6.45, 7) is 4.69. The predicted molar refractivity (Wildman–Crippen MR) is 84.5 cm³/mol. The van der Waals surface area contributed by atoms with E-state index in [9.17, 15) is 0 Å². The van der Waals surface area contributed by atoms with E-state index < -0.39 is 0 Å². The maximum atomic E-state index is 5.99. The van der Waals surface area contributed by atoms with Crippen LogP contribution in [0.4, 0.5) is 5.95 Å². The smallest absolute Gasteiger partial charge is 0.243 e. The lowest BCUT2D eigenvalue weighted by Gasteiger charge is -2.03. The van der Waals surface area contributed by atoms with Crippen LogP contribution in [-0.2, 0) is 13.1 Å². The number of rotatable bonds is 6. The van der Waals surface area contributed by atoms with Crippen LogP contribution in [0.5, 0.6) is 0 Å². The summed E-state index contributed by atoms with van der Waals surface area (Å²) in [5.74, 6) is 2.12. The van der Waals surface area contributed by atoms with Gasteiger partial charge < -0.3 is 9.73 Å². The Balaban J connectivity index is 1.69. The van der Waals surface area contributed by atoms with E-state index in [0.29, 0.717) is 24.1 Å². The Hall–Kier alpha value is -2.60. The molecule has 0 fully saturated rings. The second-order valence-electron chi connectivity index (χ2n) is 4.60. The second kappa shape index (κ2) is 6.44. The van der Waals surface area contributed by atoms with Crippen LogP contribution < -0.4 is 5.32 Å². The van der Waals surface area contributed by atoms with Gasteiger partial charge in [-0.05, 0) is 34.7 Å². The van der Waals surface area contributed by atoms with Crippen molar-refractivity contribution in [2.45, 2.75) is 13.1 Å². The van der Waals surface area contributed by atoms with E-state index in [1.165, 1.54) is 0 Å². The van der Waals surface area contributed by atoms with Crippen LogP contribution in [0.15, 0.2) is 53.5 Å². The molecule has 6 nitrogen and oxygen atoms in total. The minimum atomic E-state index is 0.484. The zero-order valence-corrected chi connectivity index (χ0v) is 12.5. The van der Waals surface area contributed by atoms with Crippen molar-refractivity contribution in [1.29, 1.82) is 0 Å². The number of hydrogen-bond donors (Lipinski definition) is 1. The predicted octanol–water partition coefficient (Wildman–Crippen LogP) is 3.38. The summed E-state index contributed by atoms with van der Waals surface area (Å²) in [6.07, 6.45) is 1.73. The van der Waals surface area contributed by atoms with Crippen LogP contribution in [0.25, 0.3) is 11.3 Å². The van der Waals surface area contributed by atoms with Crippen molar-refractivity contribution in [3.8, 4) is 11.3 Å². The van der Waals surface area contributed by atoms with Crippen molar-refractivity contribution in [3.05, 3.63) is 59.8 Å². The number of tetrazole rings is 1. The number of anilines is 1. The molecule has 0 amide bonds. The third-order valence-corrected chi connectivity index (χ3v) is 3.26. The van der Waals surface area contributed by atoms with E-state index in [-0.39, 0.29) is 0 Å². The van der Waals surface area contributed by atoms with Gasteiger partial charge in [0.25, 0.3) is 0 Å². The first-order valence-electron chi connectivity index (χ1n) is 6.72. The highest BCUT2D eigenvalue weighted by Gasteiger charge is 2.08. The Morgan fingerprint density at radius 3 is 3.05 bits per heavy atom. The Kier molecular flexibility index (Phi) is 4.20. The standard InChI is InChI=1S/C15H14ClN5O/c1-2-8-21-15(18-19-20-21)17-10-13-6-7-14(22-13)11-4-3-5-12(16)9-11/h2-7,9H,1,8,10H2,(H,17,18,20). The SMILES string of the molecule is C=CCn1nnnc1NCc1ccc(-c2cccc(Cl)c2)o1. The molecule has 0 saturated carbocycles. The van der Waals surface area contributed by atoms with Crippen LogP contribution in [0.3, 0.4) is 0 Å². The molecule has 0 unspecified atom stereocenters. The van der Waals surface area contributed by atoms with Gasteiger partial charge in [0.05, 0.1) is 13.1 Å². The van der Waals surface area contributed by atoms with Gasteiger partial charge in [-0.3, -0.25) is 0 Å². The Morgan fingerprint density at radius 1 is 1.32 bits per heavy atom. The first-order chi connectivity index (χ1) is 10.8. The van der Waals surface area contributed by atoms with Crippen molar-refractivity contribution in [3.63, 3.8) is 0 Å². The highest BCUT2D eigenvalue weighted by Crippen LogP contribution is 2.25. The minimum Gasteiger partial charge on any atom is -0.459 e. The molecular formula is C15H14ClN5O. The van der Waals surface area contributed by atoms with Crippen LogP contribution in [0, 0.1) is 0 Å². The monoisotopic (exact) mass is 315 g/mol. The Morgan fingerprint density at radius 2 is 2.23 bits per heavy atom. The largest absolute Gasteiger partial charge is 0.459 e. The molecule has 0 aliphatic carbocycles. The topological polar surface area (TPSA) is 68.8 Å². The van der Waals surface area contributed by atoms with Gasteiger partial charge in [-0.2, -0.15) is 0 Å². The number of hydrogen-bond acceptors (Lipinski definition) is 5. The van der Waals surface area contributed by atoms with Crippen molar-refractivity contribution in [2.75, 3.05) is 5.32 Å². The maximum absolute atomic E-state index is 5.99. The van der Waals surface area contributed by atoms with E-state index in [1.807, 2.05) is 36.4 Å². The summed E-state index contributed by atoms with van der Waals surface area (Å²) in [4.78, 5) is 0. The molecule has 0 radical (unpaired) electrons. The average Bonchev–Trinajstić information content (AvgIpc) is 3.15. The van der Waals surface area contributed by atoms with E-state index in [4.69, 9.17) is 16.0 Å². The second-order valence-corrected chi connectivity index (χ2v) is 5.04. The van der Waals surface area contributed by atoms with Gasteiger partial charge in [0, 0.05) is 10.6 Å². The first-order valence-corrected chi connectivity index (χ1v) is 7.09. The molecule has 0 saturated heterocycles. The lowest BCUT2D eigenvalue weighted by molar-refractivity contribution is 0.529. The fraction of sp³-hybridized carbons (Fsp3) is 0.133. The van der Waals surface area contributed by atoms with Crippen LogP contribution in [0.1, 0.15) is 5.76 Å². The van der Waals surface area contributed by atoms with Gasteiger partial charge in [0.15, 0.2) is 0 Å². The number of aromatic nitrogens is 4. The van der Waals surface area contributed by atoms with Crippen LogP contribution in [-0.4, -0.2) is 20.2 Å². The number of nitrogens with zero attached hydrogens (tertiary/aromatic N) is 4. The maximum Gasteiger partial charge on any atom is 0.243 e. The summed E-state index contributed by atoms with van der Waals surface area (Å²) < 4.78 is 7.42. The number of allylic oxidation sites excluding steroid dienone is 1. The van der Waals surface area contributed by atoms with Gasteiger partial charge in [-0.15, -0.1) is 6.58 Å². The van der Waals surface area contributed by atoms with Gasteiger partial charge in [0.2, 0.25) is 5.95 Å². The van der Waals surface area contributed by atoms with Gasteiger partial charge in [-0.1, -0.05) is 34.9 Å². The van der Waals surface area contributed by atoms with E-state index in [2.05, 4.69) is 27.4 Å². The molecule has 0 aliphatic heterocycles. The molecule has 0 aliphatic rings. The van der Waals surface area contributed by atoms with Gasteiger partial charge >= 0.3 is 0 Å². The molecular weight excluding hydrogens is 302 g/mol. The lowest BCUT2D eigenvalue weighted by atomic mass is 10.2. The van der Waals surface area contributed by atoms with E-state index in [0.717, 1.165) is 17.1 Å². The molecule has 3 aromatic rings. The van der Waals surface area contributed by atoms with Crippen molar-refractivity contribution in [1.82, 2.24) is 20.2 Å². The summed E-state index contributed by atoms with van der Waals surface area (Å²) in [6, 6.07) is 11.4. The first kappa shape index (κ1) is 14.3. The molecule has 7 heteroatoms. The molecule has 22 heavy (non-hydrogen) atoms. The molecule has 2 aromatic heterocycles. The Bertz CT molecular complexity index is 780. The van der Waals surface area contributed by atoms with Crippen LogP contribution in [0.2, 0.25) is 5.02 Å². The number of furan rings is 1. The van der Waals surface area contributed by atoms with Crippen molar-refractivity contribution < 1.29 is 4.42 Å². The van der Waals surface area contributed by atoms with E-state index in [1.54, 1.807) is 10.8 Å². The molecule has 112 valence electrons. The molecule has 0 atom stereocenters. The zero-order chi connectivity index (χ0) is 15.4. The van der Waals surface area contributed by atoms with Gasteiger partial charge in [0.1, 0.15) is 11.5 Å². The highest BCUT2D eigenvalue weighted by atomic mass is 35.5. The fourth-order valence-corrected chi connectivity index (χ4v) is 2.20. The van der Waals surface area contributed by atoms with Crippen LogP contribution >= 0.6 is 11.6 Å². The summed E-state index contributed by atoms with van der Waals surface area (Å²) in [5, 5.41) is 15.2. The number of halogens is 1. The number of nitrogens with one attached hydrogen (secondary N) is 1. The normalized spacial score (nSPS) is 10.6. The van der Waals surface area contributed by atoms with Gasteiger partial charge in [-0.25, -0.2) is 4.68 Å². The number of benzene rings is 1. The Labute approximate surface area is 132 Å². The van der Waals surface area contributed by atoms with Crippen molar-refractivity contribution in [2.24, 2.45) is 0 Å². The lowest BCUT2D eigenvalue weighted by Crippen LogP contribution is -2.07. The summed E-state index contributed by atoms with van der Waals surface area (Å²) in [7, 11) is 0. The van der Waals surface area contributed by atoms with E-state index >= 15 is 0 Å².